The second-order valence-corrected chi connectivity index (χ2v) is 6.20. The van der Waals surface area contributed by atoms with Crippen LogP contribution >= 0.6 is 11.3 Å². The molecule has 0 fully saturated rings. The minimum atomic E-state index is 0.00430. The Bertz CT molecular complexity index is 606. The normalized spacial score (nSPS) is 15.4. The van der Waals surface area contributed by atoms with Crippen molar-refractivity contribution < 1.29 is 4.79 Å². The van der Waals surface area contributed by atoms with Crippen molar-refractivity contribution >= 4 is 17.2 Å². The fourth-order valence-corrected chi connectivity index (χ4v) is 3.82. The van der Waals surface area contributed by atoms with E-state index in [1.54, 1.807) is 23.7 Å². The van der Waals surface area contributed by atoms with Gasteiger partial charge in [0.25, 0.3) is 5.91 Å². The molecule has 0 bridgehead atoms. The number of hydrogen-bond donors (Lipinski definition) is 1. The summed E-state index contributed by atoms with van der Waals surface area (Å²) in [5, 5.41) is 5.11. The van der Waals surface area contributed by atoms with Gasteiger partial charge in [0, 0.05) is 22.7 Å². The summed E-state index contributed by atoms with van der Waals surface area (Å²) in [6.45, 7) is 2.01. The summed E-state index contributed by atoms with van der Waals surface area (Å²) < 4.78 is 0. The molecule has 1 atom stereocenters. The van der Waals surface area contributed by atoms with Crippen LogP contribution in [0.15, 0.2) is 29.9 Å². The Balaban J connectivity index is 1.75. The van der Waals surface area contributed by atoms with Crippen molar-refractivity contribution in [2.75, 3.05) is 0 Å². The molecule has 0 unspecified atom stereocenters. The Morgan fingerprint density at radius 2 is 2.05 bits per heavy atom. The van der Waals surface area contributed by atoms with Gasteiger partial charge in [-0.25, -0.2) is 0 Å². The van der Waals surface area contributed by atoms with Gasteiger partial charge in [0.2, 0.25) is 0 Å². The average molecular weight is 286 g/mol. The van der Waals surface area contributed by atoms with Crippen LogP contribution in [0.4, 0.5) is 0 Å². The summed E-state index contributed by atoms with van der Waals surface area (Å²) in [7, 11) is 0. The number of pyridine rings is 1. The zero-order chi connectivity index (χ0) is 13.9. The molecule has 0 aromatic carbocycles. The second kappa shape index (κ2) is 5.75. The fraction of sp³-hybridized carbons (Fsp3) is 0.375. The van der Waals surface area contributed by atoms with Crippen LogP contribution in [-0.2, 0) is 12.8 Å². The number of rotatable bonds is 3. The van der Waals surface area contributed by atoms with E-state index in [0.29, 0.717) is 0 Å². The molecule has 0 spiro atoms. The Labute approximate surface area is 123 Å². The molecule has 3 nitrogen and oxygen atoms in total. The van der Waals surface area contributed by atoms with Crippen LogP contribution in [0.5, 0.6) is 0 Å². The zero-order valence-corrected chi connectivity index (χ0v) is 12.4. The molecule has 2 aromatic heterocycles. The Morgan fingerprint density at radius 1 is 1.30 bits per heavy atom. The first-order valence-electron chi connectivity index (χ1n) is 7.05. The quantitative estimate of drug-likeness (QED) is 0.938. The summed E-state index contributed by atoms with van der Waals surface area (Å²) in [6, 6.07) is 3.88. The SMILES string of the molecule is C[C@@H](NC(=O)c1csc2c1CCCC2)c1ccncc1. The minimum Gasteiger partial charge on any atom is -0.345 e. The van der Waals surface area contributed by atoms with Crippen molar-refractivity contribution in [3.05, 3.63) is 51.5 Å². The maximum absolute atomic E-state index is 12.4. The molecule has 3 rings (SSSR count). The summed E-state index contributed by atoms with van der Waals surface area (Å²) in [5.74, 6) is 0.0497. The summed E-state index contributed by atoms with van der Waals surface area (Å²) >= 11 is 1.73. The third kappa shape index (κ3) is 2.61. The molecule has 0 radical (unpaired) electrons. The molecule has 1 N–H and O–H groups in total. The molecule has 1 aliphatic rings. The van der Waals surface area contributed by atoms with Gasteiger partial charge in [0.15, 0.2) is 0 Å². The van der Waals surface area contributed by atoms with E-state index in [0.717, 1.165) is 24.0 Å². The van der Waals surface area contributed by atoms with Crippen LogP contribution in [0.25, 0.3) is 0 Å². The zero-order valence-electron chi connectivity index (χ0n) is 11.6. The van der Waals surface area contributed by atoms with Gasteiger partial charge in [-0.1, -0.05) is 0 Å². The van der Waals surface area contributed by atoms with Crippen LogP contribution in [0, 0.1) is 0 Å². The smallest absolute Gasteiger partial charge is 0.252 e. The Morgan fingerprint density at radius 3 is 2.85 bits per heavy atom. The Kier molecular flexibility index (Phi) is 3.83. The lowest BCUT2D eigenvalue weighted by Gasteiger charge is -2.16. The van der Waals surface area contributed by atoms with Crippen molar-refractivity contribution in [1.29, 1.82) is 0 Å². The van der Waals surface area contributed by atoms with E-state index >= 15 is 0 Å². The molecule has 104 valence electrons. The van der Waals surface area contributed by atoms with E-state index in [-0.39, 0.29) is 11.9 Å². The molecule has 2 aromatic rings. The van der Waals surface area contributed by atoms with Crippen LogP contribution < -0.4 is 5.32 Å². The number of thiophene rings is 1. The molecule has 0 aliphatic heterocycles. The first kappa shape index (κ1) is 13.3. The lowest BCUT2D eigenvalue weighted by atomic mass is 9.95. The minimum absolute atomic E-state index is 0.00430. The molecule has 0 saturated carbocycles. The summed E-state index contributed by atoms with van der Waals surface area (Å²) in [4.78, 5) is 17.8. The number of amides is 1. The highest BCUT2D eigenvalue weighted by Crippen LogP contribution is 2.30. The van der Waals surface area contributed by atoms with Gasteiger partial charge in [0.05, 0.1) is 11.6 Å². The molecule has 0 saturated heterocycles. The van der Waals surface area contributed by atoms with E-state index in [4.69, 9.17) is 0 Å². The standard InChI is InChI=1S/C16H18N2OS/c1-11(12-6-8-17-9-7-12)18-16(19)14-10-20-15-5-3-2-4-13(14)15/h6-11H,2-5H2,1H3,(H,18,19)/t11-/m1/s1. The lowest BCUT2D eigenvalue weighted by molar-refractivity contribution is 0.0939. The first-order chi connectivity index (χ1) is 9.75. The van der Waals surface area contributed by atoms with E-state index < -0.39 is 0 Å². The molecular formula is C16H18N2OS. The topological polar surface area (TPSA) is 42.0 Å². The molecule has 1 aliphatic carbocycles. The highest BCUT2D eigenvalue weighted by molar-refractivity contribution is 7.10. The van der Waals surface area contributed by atoms with Crippen molar-refractivity contribution in [2.45, 2.75) is 38.6 Å². The van der Waals surface area contributed by atoms with Gasteiger partial charge in [-0.3, -0.25) is 9.78 Å². The van der Waals surface area contributed by atoms with Crippen LogP contribution in [-0.4, -0.2) is 10.9 Å². The van der Waals surface area contributed by atoms with Crippen molar-refractivity contribution in [3.63, 3.8) is 0 Å². The number of nitrogens with zero attached hydrogens (tertiary/aromatic N) is 1. The number of carbonyl (C=O) groups excluding carboxylic acids is 1. The average Bonchev–Trinajstić information content (AvgIpc) is 2.92. The molecule has 1 amide bonds. The number of hydrogen-bond acceptors (Lipinski definition) is 3. The highest BCUT2D eigenvalue weighted by atomic mass is 32.1. The van der Waals surface area contributed by atoms with E-state index in [1.807, 2.05) is 24.4 Å². The number of nitrogens with one attached hydrogen (secondary N) is 1. The maximum Gasteiger partial charge on any atom is 0.252 e. The first-order valence-corrected chi connectivity index (χ1v) is 7.93. The largest absolute Gasteiger partial charge is 0.345 e. The molecule has 20 heavy (non-hydrogen) atoms. The predicted molar refractivity (Wildman–Crippen MR) is 81.1 cm³/mol. The van der Waals surface area contributed by atoms with Crippen molar-refractivity contribution in [2.24, 2.45) is 0 Å². The molecular weight excluding hydrogens is 268 g/mol. The van der Waals surface area contributed by atoms with Gasteiger partial charge in [-0.15, -0.1) is 11.3 Å². The third-order valence-electron chi connectivity index (χ3n) is 3.86. The van der Waals surface area contributed by atoms with Crippen LogP contribution in [0.1, 0.15) is 52.2 Å². The predicted octanol–water partition coefficient (Wildman–Crippen LogP) is 3.51. The van der Waals surface area contributed by atoms with Crippen LogP contribution in [0.2, 0.25) is 0 Å². The van der Waals surface area contributed by atoms with Crippen LogP contribution in [0.3, 0.4) is 0 Å². The van der Waals surface area contributed by atoms with Gasteiger partial charge in [-0.05, 0) is 55.9 Å². The number of aryl methyl sites for hydroxylation is 1. The highest BCUT2D eigenvalue weighted by Gasteiger charge is 2.21. The summed E-state index contributed by atoms with van der Waals surface area (Å²) in [5.41, 5.74) is 3.24. The number of aromatic nitrogens is 1. The van der Waals surface area contributed by atoms with E-state index in [2.05, 4.69) is 10.3 Å². The fourth-order valence-electron chi connectivity index (χ4n) is 2.69. The maximum atomic E-state index is 12.4. The number of fused-ring (bicyclic) bond motifs is 1. The number of carbonyl (C=O) groups is 1. The molecule has 2 heterocycles. The molecule has 4 heteroatoms. The van der Waals surface area contributed by atoms with Gasteiger partial charge in [0.1, 0.15) is 0 Å². The second-order valence-electron chi connectivity index (χ2n) is 5.23. The summed E-state index contributed by atoms with van der Waals surface area (Å²) in [6.07, 6.45) is 8.14. The van der Waals surface area contributed by atoms with Gasteiger partial charge >= 0.3 is 0 Å². The van der Waals surface area contributed by atoms with Crippen molar-refractivity contribution in [3.8, 4) is 0 Å². The van der Waals surface area contributed by atoms with Gasteiger partial charge < -0.3 is 5.32 Å². The lowest BCUT2D eigenvalue weighted by Crippen LogP contribution is -2.27. The van der Waals surface area contributed by atoms with Gasteiger partial charge in [-0.2, -0.15) is 0 Å². The monoisotopic (exact) mass is 286 g/mol. The third-order valence-corrected chi connectivity index (χ3v) is 4.95. The van der Waals surface area contributed by atoms with Crippen molar-refractivity contribution in [1.82, 2.24) is 10.3 Å². The van der Waals surface area contributed by atoms with E-state index in [1.165, 1.54) is 23.3 Å². The Hall–Kier alpha value is -1.68. The van der Waals surface area contributed by atoms with E-state index in [9.17, 15) is 4.79 Å².